The van der Waals surface area contributed by atoms with Gasteiger partial charge in [-0.2, -0.15) is 0 Å². The zero-order valence-corrected chi connectivity index (χ0v) is 37.0. The van der Waals surface area contributed by atoms with Gasteiger partial charge in [0, 0.05) is 23.3 Å². The Balaban J connectivity index is 1.39. The fourth-order valence-corrected chi connectivity index (χ4v) is 9.57. The maximum Gasteiger partial charge on any atom is 0.407 e. The summed E-state index contributed by atoms with van der Waals surface area (Å²) in [6, 6.07) is 2.94. The molecule has 1 aromatic heterocycles. The molecule has 14 nitrogen and oxygen atoms in total. The van der Waals surface area contributed by atoms with E-state index in [1.165, 1.54) is 18.9 Å². The second-order valence-corrected chi connectivity index (χ2v) is 21.0. The number of ether oxygens (including phenoxy) is 3. The van der Waals surface area contributed by atoms with Crippen LogP contribution in [-0.2, 0) is 29.1 Å². The second kappa shape index (κ2) is 17.5. The van der Waals surface area contributed by atoms with Gasteiger partial charge < -0.3 is 29.7 Å². The van der Waals surface area contributed by atoms with Crippen LogP contribution in [0.3, 0.4) is 0 Å². The quantitative estimate of drug-likeness (QED) is 0.218. The summed E-state index contributed by atoms with van der Waals surface area (Å²) in [6.07, 6.45) is 5.21. The highest BCUT2D eigenvalue weighted by molar-refractivity contribution is 7.91. The van der Waals surface area contributed by atoms with Crippen molar-refractivity contribution in [3.63, 3.8) is 0 Å². The molecule has 6 unspecified atom stereocenters. The number of hydrogen-bond acceptors (Lipinski definition) is 10. The molecule has 6 rings (SSSR count). The molecule has 6 atom stereocenters. The zero-order chi connectivity index (χ0) is 43.8. The Kier molecular flexibility index (Phi) is 13.1. The third-order valence-electron chi connectivity index (χ3n) is 12.3. The Morgan fingerprint density at radius 1 is 1.08 bits per heavy atom. The predicted octanol–water partition coefficient (Wildman–Crippen LogP) is 6.67. The Bertz CT molecular complexity index is 2120. The van der Waals surface area contributed by atoms with Gasteiger partial charge in [-0.3, -0.25) is 19.1 Å². The van der Waals surface area contributed by atoms with Crippen LogP contribution in [-0.4, -0.2) is 90.9 Å². The topological polar surface area (TPSA) is 182 Å². The number of aromatic nitrogens is 1. The number of benzene rings is 1. The summed E-state index contributed by atoms with van der Waals surface area (Å²) in [7, 11) is -2.53. The van der Waals surface area contributed by atoms with Gasteiger partial charge >= 0.3 is 6.09 Å². The summed E-state index contributed by atoms with van der Waals surface area (Å²) in [5.41, 5.74) is -0.618. The van der Waals surface area contributed by atoms with E-state index in [0.717, 1.165) is 12.8 Å². The molecule has 1 saturated heterocycles. The van der Waals surface area contributed by atoms with Gasteiger partial charge in [-0.15, -0.1) is 0 Å². The molecule has 1 aromatic carbocycles. The maximum atomic E-state index is 15.9. The number of methoxy groups -OCH3 is 1. The van der Waals surface area contributed by atoms with Crippen molar-refractivity contribution in [3.05, 3.63) is 41.6 Å². The van der Waals surface area contributed by atoms with Crippen LogP contribution in [0.2, 0.25) is 0 Å². The van der Waals surface area contributed by atoms with Crippen molar-refractivity contribution in [1.29, 1.82) is 0 Å². The lowest BCUT2D eigenvalue weighted by Crippen LogP contribution is -2.70. The van der Waals surface area contributed by atoms with Crippen molar-refractivity contribution < 1.29 is 46.2 Å². The molecule has 3 N–H and O–H groups in total. The Labute approximate surface area is 353 Å². The van der Waals surface area contributed by atoms with Gasteiger partial charge in [-0.05, 0) is 88.3 Å². The van der Waals surface area contributed by atoms with Gasteiger partial charge in [0.2, 0.25) is 21.8 Å². The smallest absolute Gasteiger partial charge is 0.407 e. The number of fused-ring (bicyclic) bond motifs is 3. The molecular weight excluding hydrogens is 794 g/mol. The van der Waals surface area contributed by atoms with Crippen LogP contribution < -0.4 is 24.8 Å². The van der Waals surface area contributed by atoms with Crippen molar-refractivity contribution in [2.24, 2.45) is 11.3 Å². The van der Waals surface area contributed by atoms with E-state index in [9.17, 15) is 27.6 Å². The maximum absolute atomic E-state index is 15.9. The fraction of sp³-hybridized carbons (Fsp3) is 0.659. The number of rotatable bonds is 10. The van der Waals surface area contributed by atoms with Crippen LogP contribution in [0.4, 0.5) is 9.18 Å². The molecule has 0 radical (unpaired) electrons. The summed E-state index contributed by atoms with van der Waals surface area (Å²) in [6.45, 7) is 12.6. The van der Waals surface area contributed by atoms with Gasteiger partial charge in [-0.1, -0.05) is 59.6 Å². The van der Waals surface area contributed by atoms with E-state index in [1.807, 2.05) is 46.8 Å². The molecule has 3 fully saturated rings. The summed E-state index contributed by atoms with van der Waals surface area (Å²) in [5, 5.41) is 6.20. The van der Waals surface area contributed by atoms with E-state index in [-0.39, 0.29) is 55.1 Å². The summed E-state index contributed by atoms with van der Waals surface area (Å²) in [5.74, 6) is -2.03. The van der Waals surface area contributed by atoms with Gasteiger partial charge in [0.15, 0.2) is 0 Å². The minimum absolute atomic E-state index is 0.0544. The molecule has 16 heteroatoms. The number of nitrogens with one attached hydrogen (secondary N) is 3. The first kappa shape index (κ1) is 45.1. The zero-order valence-electron chi connectivity index (χ0n) is 36.2. The minimum atomic E-state index is -4.05. The molecule has 3 heterocycles. The van der Waals surface area contributed by atoms with Crippen molar-refractivity contribution in [1.82, 2.24) is 25.2 Å². The fourth-order valence-electron chi connectivity index (χ4n) is 8.26. The first-order valence-electron chi connectivity index (χ1n) is 21.3. The lowest BCUT2D eigenvalue weighted by Gasteiger charge is -2.47. The third kappa shape index (κ3) is 9.52. The molecular formula is C44H62FN5O9S. The first-order chi connectivity index (χ1) is 28.2. The molecule has 0 bridgehead atoms. The molecule has 2 aliphatic heterocycles. The number of pyridine rings is 1. The summed E-state index contributed by atoms with van der Waals surface area (Å²) >= 11 is 0. The number of hydrogen-bond donors (Lipinski definition) is 3. The highest BCUT2D eigenvalue weighted by Gasteiger charge is 2.58. The number of sulfonamides is 1. The van der Waals surface area contributed by atoms with Crippen LogP contribution >= 0.6 is 0 Å². The average Bonchev–Trinajstić information content (AvgIpc) is 3.80. The van der Waals surface area contributed by atoms with Crippen molar-refractivity contribution >= 4 is 44.7 Å². The van der Waals surface area contributed by atoms with Gasteiger partial charge in [0.1, 0.15) is 41.4 Å². The van der Waals surface area contributed by atoms with E-state index in [2.05, 4.69) is 15.4 Å². The standard InChI is InChI=1S/C44H62FN5O9S/c1-26(2)36-37(35(27(3)45)31-22-29(57-8)16-17-32(31)46-36)59-30-23-34-38(51)48-44(40(53)49-60(55,56)43(7)20-21-43)19-18-28(44)14-12-10-9-11-13-15-33(39(52)50(34)24-30)47-41(54)58-25-42(4,5)6/h12,14,16-17,22,26-28,30,33-34H,9-11,13,15,18-21,23-25H2,1-8H3,(H,47,54)(H,48,51)(H,49,53). The van der Waals surface area contributed by atoms with Crippen LogP contribution in [0.5, 0.6) is 11.5 Å². The highest BCUT2D eigenvalue weighted by Crippen LogP contribution is 2.45. The van der Waals surface area contributed by atoms with Crippen LogP contribution in [0, 0.1) is 11.3 Å². The third-order valence-corrected chi connectivity index (χ3v) is 14.5. The van der Waals surface area contributed by atoms with Gasteiger partial charge in [0.05, 0.1) is 36.2 Å². The number of nitrogens with zero attached hydrogens (tertiary/aromatic N) is 2. The van der Waals surface area contributed by atoms with Crippen molar-refractivity contribution in [3.8, 4) is 11.5 Å². The van der Waals surface area contributed by atoms with Gasteiger partial charge in [0.25, 0.3) is 5.91 Å². The van der Waals surface area contributed by atoms with E-state index in [1.54, 1.807) is 25.1 Å². The number of carbonyl (C=O) groups is 4. The molecule has 4 aliphatic rings. The van der Waals surface area contributed by atoms with Crippen LogP contribution in [0.1, 0.15) is 136 Å². The molecule has 330 valence electrons. The van der Waals surface area contributed by atoms with E-state index >= 15 is 4.39 Å². The van der Waals surface area contributed by atoms with Crippen molar-refractivity contribution in [2.75, 3.05) is 20.3 Å². The molecule has 2 saturated carbocycles. The normalized spacial score (nSPS) is 26.4. The van der Waals surface area contributed by atoms with E-state index in [0.29, 0.717) is 54.5 Å². The minimum Gasteiger partial charge on any atom is -0.497 e. The monoisotopic (exact) mass is 855 g/mol. The number of amides is 4. The first-order valence-corrected chi connectivity index (χ1v) is 22.8. The molecule has 2 aliphatic carbocycles. The Morgan fingerprint density at radius 3 is 2.43 bits per heavy atom. The van der Waals surface area contributed by atoms with Crippen molar-refractivity contribution in [2.45, 2.75) is 153 Å². The van der Waals surface area contributed by atoms with Gasteiger partial charge in [-0.25, -0.2) is 22.6 Å². The molecule has 0 spiro atoms. The number of halogens is 1. The van der Waals surface area contributed by atoms with Crippen LogP contribution in [0.15, 0.2) is 30.4 Å². The van der Waals surface area contributed by atoms with Crippen LogP contribution in [0.25, 0.3) is 10.9 Å². The van der Waals surface area contributed by atoms with E-state index < -0.39 is 74.4 Å². The lowest BCUT2D eigenvalue weighted by molar-refractivity contribution is -0.144. The second-order valence-electron chi connectivity index (χ2n) is 18.8. The lowest BCUT2D eigenvalue weighted by atomic mass is 9.65. The number of alkyl carbamates (subject to hydrolysis) is 1. The Hall–Kier alpha value is -4.47. The molecule has 60 heavy (non-hydrogen) atoms. The number of carbonyl (C=O) groups excluding carboxylic acids is 4. The van der Waals surface area contributed by atoms with E-state index in [4.69, 9.17) is 19.2 Å². The Morgan fingerprint density at radius 2 is 1.82 bits per heavy atom. The molecule has 2 aromatic rings. The summed E-state index contributed by atoms with van der Waals surface area (Å²) in [4.78, 5) is 63.1. The highest BCUT2D eigenvalue weighted by atomic mass is 32.2. The predicted molar refractivity (Wildman–Crippen MR) is 225 cm³/mol. The number of allylic oxidation sites excluding steroid dienone is 1. The average molecular weight is 856 g/mol. The number of alkyl halides is 1. The largest absolute Gasteiger partial charge is 0.497 e. The summed E-state index contributed by atoms with van der Waals surface area (Å²) < 4.78 is 61.5. The molecule has 4 amide bonds. The SMILES string of the molecule is COc1ccc2nc(C(C)C)c(OC3CC4C(=O)NC5(C(=O)NS(=O)(=O)C6(C)CC6)CCC5C=CCCCCCC(NC(=O)OCC(C)(C)C)C(=O)N4C3)c(C(C)F)c2c1.